The molecule has 1 aliphatic rings. The first kappa shape index (κ1) is 10.4. The molecule has 1 heterocycles. The summed E-state index contributed by atoms with van der Waals surface area (Å²) in [6, 6.07) is 0.123. The molecular formula is C10H20N2O. The molecule has 3 nitrogen and oxygen atoms in total. The third-order valence-electron chi connectivity index (χ3n) is 2.39. The lowest BCUT2D eigenvalue weighted by Crippen LogP contribution is -2.38. The minimum Gasteiger partial charge on any atom is -0.338 e. The van der Waals surface area contributed by atoms with Gasteiger partial charge >= 0.3 is 6.03 Å². The van der Waals surface area contributed by atoms with Crippen LogP contribution in [0.1, 0.15) is 33.1 Å². The number of likely N-dealkylation sites (tertiary alicyclic amines) is 1. The van der Waals surface area contributed by atoms with Gasteiger partial charge in [0, 0.05) is 19.6 Å². The third kappa shape index (κ3) is 3.66. The molecule has 0 bridgehead atoms. The van der Waals surface area contributed by atoms with Crippen LogP contribution < -0.4 is 5.32 Å². The van der Waals surface area contributed by atoms with Crippen molar-refractivity contribution in [2.24, 2.45) is 5.92 Å². The van der Waals surface area contributed by atoms with Crippen LogP contribution in [-0.2, 0) is 0 Å². The van der Waals surface area contributed by atoms with E-state index in [1.54, 1.807) is 0 Å². The summed E-state index contributed by atoms with van der Waals surface area (Å²) < 4.78 is 0. The lowest BCUT2D eigenvalue weighted by Gasteiger charge is -2.16. The molecule has 0 unspecified atom stereocenters. The highest BCUT2D eigenvalue weighted by molar-refractivity contribution is 5.74. The predicted molar refractivity (Wildman–Crippen MR) is 53.7 cm³/mol. The molecule has 2 amide bonds. The Hall–Kier alpha value is -0.730. The van der Waals surface area contributed by atoms with Gasteiger partial charge in [0.25, 0.3) is 0 Å². The topological polar surface area (TPSA) is 32.3 Å². The Labute approximate surface area is 80.5 Å². The molecule has 1 N–H and O–H groups in total. The fourth-order valence-corrected chi connectivity index (χ4v) is 1.50. The molecular weight excluding hydrogens is 164 g/mol. The summed E-state index contributed by atoms with van der Waals surface area (Å²) in [6.07, 6.45) is 3.40. The maximum atomic E-state index is 11.4. The van der Waals surface area contributed by atoms with Crippen molar-refractivity contribution in [3.05, 3.63) is 0 Å². The van der Waals surface area contributed by atoms with Gasteiger partial charge in [-0.25, -0.2) is 4.79 Å². The average molecular weight is 184 g/mol. The standard InChI is InChI=1S/C10H20N2O/c1-9(2)5-6-11-10(13)12-7-3-4-8-12/h9H,3-8H2,1-2H3,(H,11,13). The van der Waals surface area contributed by atoms with Gasteiger partial charge in [0.15, 0.2) is 0 Å². The van der Waals surface area contributed by atoms with Gasteiger partial charge in [-0.2, -0.15) is 0 Å². The van der Waals surface area contributed by atoms with Crippen LogP contribution >= 0.6 is 0 Å². The summed E-state index contributed by atoms with van der Waals surface area (Å²) in [7, 11) is 0. The van der Waals surface area contributed by atoms with E-state index < -0.39 is 0 Å². The van der Waals surface area contributed by atoms with Crippen molar-refractivity contribution in [3.63, 3.8) is 0 Å². The second-order valence-corrected chi connectivity index (χ2v) is 4.11. The van der Waals surface area contributed by atoms with Gasteiger partial charge in [0.05, 0.1) is 0 Å². The van der Waals surface area contributed by atoms with Crippen molar-refractivity contribution < 1.29 is 4.79 Å². The van der Waals surface area contributed by atoms with E-state index in [0.717, 1.165) is 38.9 Å². The van der Waals surface area contributed by atoms with E-state index in [2.05, 4.69) is 19.2 Å². The lowest BCUT2D eigenvalue weighted by molar-refractivity contribution is 0.208. The zero-order valence-corrected chi connectivity index (χ0v) is 8.68. The highest BCUT2D eigenvalue weighted by Crippen LogP contribution is 2.07. The molecule has 3 heteroatoms. The fraction of sp³-hybridized carbons (Fsp3) is 0.900. The molecule has 1 saturated heterocycles. The number of hydrogen-bond donors (Lipinski definition) is 1. The number of nitrogens with one attached hydrogen (secondary N) is 1. The molecule has 0 aromatic carbocycles. The van der Waals surface area contributed by atoms with E-state index in [1.165, 1.54) is 0 Å². The van der Waals surface area contributed by atoms with Crippen LogP contribution in [0, 0.1) is 5.92 Å². The van der Waals surface area contributed by atoms with Crippen LogP contribution in [0.4, 0.5) is 4.79 Å². The molecule has 13 heavy (non-hydrogen) atoms. The van der Waals surface area contributed by atoms with Crippen molar-refractivity contribution in [1.29, 1.82) is 0 Å². The minimum absolute atomic E-state index is 0.123. The molecule has 1 rings (SSSR count). The SMILES string of the molecule is CC(C)CCNC(=O)N1CCCC1. The summed E-state index contributed by atoms with van der Waals surface area (Å²) in [5.41, 5.74) is 0. The van der Waals surface area contributed by atoms with Crippen LogP contribution in [0.2, 0.25) is 0 Å². The highest BCUT2D eigenvalue weighted by Gasteiger charge is 2.16. The van der Waals surface area contributed by atoms with Gasteiger partial charge in [0.2, 0.25) is 0 Å². The highest BCUT2D eigenvalue weighted by atomic mass is 16.2. The zero-order chi connectivity index (χ0) is 9.68. The Bertz CT molecular complexity index is 162. The van der Waals surface area contributed by atoms with E-state index in [9.17, 15) is 4.79 Å². The number of urea groups is 1. The first-order chi connectivity index (χ1) is 6.20. The Balaban J connectivity index is 2.10. The van der Waals surface area contributed by atoms with Crippen molar-refractivity contribution in [3.8, 4) is 0 Å². The first-order valence-corrected chi connectivity index (χ1v) is 5.23. The zero-order valence-electron chi connectivity index (χ0n) is 8.68. The van der Waals surface area contributed by atoms with Crippen molar-refractivity contribution in [2.45, 2.75) is 33.1 Å². The minimum atomic E-state index is 0.123. The molecule has 0 aliphatic carbocycles. The number of hydrogen-bond acceptors (Lipinski definition) is 1. The molecule has 0 spiro atoms. The van der Waals surface area contributed by atoms with E-state index in [-0.39, 0.29) is 6.03 Å². The number of carbonyl (C=O) groups is 1. The van der Waals surface area contributed by atoms with Gasteiger partial charge in [-0.05, 0) is 25.2 Å². The second kappa shape index (κ2) is 5.10. The van der Waals surface area contributed by atoms with Crippen molar-refractivity contribution >= 4 is 6.03 Å². The first-order valence-electron chi connectivity index (χ1n) is 5.23. The number of nitrogens with zero attached hydrogens (tertiary/aromatic N) is 1. The predicted octanol–water partition coefficient (Wildman–Crippen LogP) is 1.84. The van der Waals surface area contributed by atoms with Crippen molar-refractivity contribution in [2.75, 3.05) is 19.6 Å². The molecule has 0 atom stereocenters. The molecule has 0 aromatic rings. The molecule has 0 aromatic heterocycles. The Morgan fingerprint density at radius 1 is 1.38 bits per heavy atom. The normalized spacial score (nSPS) is 16.7. The molecule has 0 saturated carbocycles. The maximum absolute atomic E-state index is 11.4. The van der Waals surface area contributed by atoms with Crippen LogP contribution in [0.5, 0.6) is 0 Å². The van der Waals surface area contributed by atoms with Crippen LogP contribution in [-0.4, -0.2) is 30.6 Å². The summed E-state index contributed by atoms with van der Waals surface area (Å²) in [6.45, 7) is 7.03. The van der Waals surface area contributed by atoms with Crippen LogP contribution in [0.3, 0.4) is 0 Å². The number of rotatable bonds is 3. The summed E-state index contributed by atoms with van der Waals surface area (Å²) >= 11 is 0. The van der Waals surface area contributed by atoms with Gasteiger partial charge in [-0.1, -0.05) is 13.8 Å². The number of carbonyl (C=O) groups excluding carboxylic acids is 1. The molecule has 1 fully saturated rings. The summed E-state index contributed by atoms with van der Waals surface area (Å²) in [5, 5.41) is 2.94. The second-order valence-electron chi connectivity index (χ2n) is 4.11. The van der Waals surface area contributed by atoms with Gasteiger partial charge in [0.1, 0.15) is 0 Å². The van der Waals surface area contributed by atoms with Crippen molar-refractivity contribution in [1.82, 2.24) is 10.2 Å². The lowest BCUT2D eigenvalue weighted by atomic mass is 10.1. The molecule has 0 radical (unpaired) electrons. The Morgan fingerprint density at radius 2 is 2.00 bits per heavy atom. The molecule has 1 aliphatic heterocycles. The van der Waals surface area contributed by atoms with Gasteiger partial charge in [-0.3, -0.25) is 0 Å². The Morgan fingerprint density at radius 3 is 2.54 bits per heavy atom. The third-order valence-corrected chi connectivity index (χ3v) is 2.39. The Kier molecular flexibility index (Phi) is 4.06. The smallest absolute Gasteiger partial charge is 0.317 e. The van der Waals surface area contributed by atoms with E-state index in [0.29, 0.717) is 5.92 Å². The van der Waals surface area contributed by atoms with E-state index >= 15 is 0 Å². The average Bonchev–Trinajstić information content (AvgIpc) is 2.55. The fourth-order valence-electron chi connectivity index (χ4n) is 1.50. The van der Waals surface area contributed by atoms with E-state index in [1.807, 2.05) is 4.90 Å². The van der Waals surface area contributed by atoms with Crippen LogP contribution in [0.15, 0.2) is 0 Å². The number of amides is 2. The van der Waals surface area contributed by atoms with Gasteiger partial charge in [-0.15, -0.1) is 0 Å². The maximum Gasteiger partial charge on any atom is 0.317 e. The van der Waals surface area contributed by atoms with E-state index in [4.69, 9.17) is 0 Å². The van der Waals surface area contributed by atoms with Crippen LogP contribution in [0.25, 0.3) is 0 Å². The van der Waals surface area contributed by atoms with Gasteiger partial charge < -0.3 is 10.2 Å². The quantitative estimate of drug-likeness (QED) is 0.713. The largest absolute Gasteiger partial charge is 0.338 e. The summed E-state index contributed by atoms with van der Waals surface area (Å²) in [5.74, 6) is 0.666. The molecule has 76 valence electrons. The monoisotopic (exact) mass is 184 g/mol. The summed E-state index contributed by atoms with van der Waals surface area (Å²) in [4.78, 5) is 13.3.